The number of phosphoric ester groups is 1. The Balaban J connectivity index is 4.16. The zero-order chi connectivity index (χ0) is 63.4. The molecule has 0 aromatic carbocycles. The molecule has 0 aliphatic heterocycles. The molecule has 0 aromatic rings. The van der Waals surface area contributed by atoms with Gasteiger partial charge in [0.05, 0.1) is 39.9 Å². The van der Waals surface area contributed by atoms with Gasteiger partial charge in [-0.15, -0.1) is 0 Å². The highest BCUT2D eigenvalue weighted by atomic mass is 31.2. The number of likely N-dealkylation sites (N-methyl/N-ethyl adjacent to an activating group) is 1. The van der Waals surface area contributed by atoms with Crippen LogP contribution in [0.2, 0.25) is 0 Å². The average Bonchev–Trinajstić information content (AvgIpc) is 3.69. The summed E-state index contributed by atoms with van der Waals surface area (Å²) in [7, 11) is 1.22. The van der Waals surface area contributed by atoms with Gasteiger partial charge in [-0.1, -0.05) is 314 Å². The zero-order valence-corrected chi connectivity index (χ0v) is 57.8. The number of carbonyl (C=O) groups excluding carboxylic acids is 1. The average molecular weight is 1230 g/mol. The Kier molecular flexibility index (Phi) is 64.0. The number of phosphoric acid groups is 1. The molecule has 1 amide bonds. The number of aliphatic hydroxyl groups excluding tert-OH is 1. The van der Waals surface area contributed by atoms with Crippen LogP contribution in [-0.4, -0.2) is 68.5 Å². The van der Waals surface area contributed by atoms with Crippen molar-refractivity contribution in [2.24, 2.45) is 0 Å². The maximum absolute atomic E-state index is 13.0. The second kappa shape index (κ2) is 66.8. The van der Waals surface area contributed by atoms with Crippen molar-refractivity contribution in [2.45, 2.75) is 302 Å². The minimum Gasteiger partial charge on any atom is -0.756 e. The van der Waals surface area contributed by atoms with E-state index in [9.17, 15) is 19.4 Å². The van der Waals surface area contributed by atoms with Gasteiger partial charge in [-0.3, -0.25) is 9.36 Å². The van der Waals surface area contributed by atoms with Crippen LogP contribution in [0.4, 0.5) is 0 Å². The quantitative estimate of drug-likeness (QED) is 0.0272. The van der Waals surface area contributed by atoms with Gasteiger partial charge in [-0.05, 0) is 116 Å². The first kappa shape index (κ1) is 83.4. The molecule has 0 heterocycles. The fourth-order valence-corrected chi connectivity index (χ4v) is 10.5. The summed E-state index contributed by atoms with van der Waals surface area (Å²) >= 11 is 0. The van der Waals surface area contributed by atoms with Gasteiger partial charge in [0.1, 0.15) is 13.2 Å². The van der Waals surface area contributed by atoms with E-state index in [1.54, 1.807) is 6.08 Å². The third-order valence-electron chi connectivity index (χ3n) is 15.3. The van der Waals surface area contributed by atoms with Crippen molar-refractivity contribution in [3.05, 3.63) is 146 Å². The highest BCUT2D eigenvalue weighted by Gasteiger charge is 2.23. The molecule has 87 heavy (non-hydrogen) atoms. The third-order valence-corrected chi connectivity index (χ3v) is 16.2. The van der Waals surface area contributed by atoms with E-state index in [1.165, 1.54) is 161 Å². The van der Waals surface area contributed by atoms with Crippen molar-refractivity contribution >= 4 is 13.7 Å². The molecule has 2 N–H and O–H groups in total. The highest BCUT2D eigenvalue weighted by molar-refractivity contribution is 7.45. The molecule has 0 aromatic heterocycles. The molecular weight excluding hydrogens is 1090 g/mol. The predicted molar refractivity (Wildman–Crippen MR) is 380 cm³/mol. The second-order valence-corrected chi connectivity index (χ2v) is 26.2. The number of rotatable bonds is 64. The number of amides is 1. The number of carbonyl (C=O) groups is 1. The lowest BCUT2D eigenvalue weighted by Gasteiger charge is -2.29. The van der Waals surface area contributed by atoms with E-state index < -0.39 is 26.6 Å². The molecule has 0 fully saturated rings. The highest BCUT2D eigenvalue weighted by Crippen LogP contribution is 2.38. The van der Waals surface area contributed by atoms with E-state index in [2.05, 4.69) is 153 Å². The molecule has 0 saturated carbocycles. The van der Waals surface area contributed by atoms with Crippen LogP contribution >= 0.6 is 7.82 Å². The Morgan fingerprint density at radius 2 is 0.713 bits per heavy atom. The van der Waals surface area contributed by atoms with Crippen molar-refractivity contribution in [1.82, 2.24) is 5.32 Å². The van der Waals surface area contributed by atoms with E-state index in [0.29, 0.717) is 17.4 Å². The summed E-state index contributed by atoms with van der Waals surface area (Å²) in [4.78, 5) is 25.6. The van der Waals surface area contributed by atoms with Crippen LogP contribution in [0.3, 0.4) is 0 Å². The Morgan fingerprint density at radius 1 is 0.414 bits per heavy atom. The SMILES string of the molecule is CC/C=C\C/C=C\C/C=C\C/C=C\C/C=C\C/C=C\C/C=C\C/C=C\C/C=C\CCCCCCCCCCCCCC(=O)NC(COP(=O)([O-])OCC[N+](C)(C)C)C(O)/C=C/CC/C=C/CC/C=C/CCCCCCCCCCCCCCCCCC. The Labute approximate surface area is 538 Å². The molecular formula is C78H135N2O6P. The smallest absolute Gasteiger partial charge is 0.268 e. The van der Waals surface area contributed by atoms with Gasteiger partial charge < -0.3 is 28.8 Å². The van der Waals surface area contributed by atoms with Crippen LogP contribution in [0, 0.1) is 0 Å². The Morgan fingerprint density at radius 3 is 1.07 bits per heavy atom. The van der Waals surface area contributed by atoms with Gasteiger partial charge in [-0.2, -0.15) is 0 Å². The van der Waals surface area contributed by atoms with Gasteiger partial charge >= 0.3 is 0 Å². The number of hydrogen-bond donors (Lipinski definition) is 2. The number of allylic oxidation sites excluding steroid dienone is 23. The largest absolute Gasteiger partial charge is 0.756 e. The molecule has 0 saturated heterocycles. The Bertz CT molecular complexity index is 1930. The molecule has 8 nitrogen and oxygen atoms in total. The molecule has 0 aliphatic rings. The first-order chi connectivity index (χ1) is 42.5. The summed E-state index contributed by atoms with van der Waals surface area (Å²) in [6.07, 6.45) is 103. The van der Waals surface area contributed by atoms with Gasteiger partial charge in [0.2, 0.25) is 5.91 Å². The summed E-state index contributed by atoms with van der Waals surface area (Å²) in [6.45, 7) is 4.51. The number of hydrogen-bond acceptors (Lipinski definition) is 6. The lowest BCUT2D eigenvalue weighted by Crippen LogP contribution is -2.45. The summed E-state index contributed by atoms with van der Waals surface area (Å²) in [6, 6.07) is -0.923. The number of quaternary nitrogens is 1. The van der Waals surface area contributed by atoms with E-state index in [1.807, 2.05) is 27.2 Å². The van der Waals surface area contributed by atoms with Crippen molar-refractivity contribution in [3.8, 4) is 0 Å². The molecule has 3 unspecified atom stereocenters. The van der Waals surface area contributed by atoms with Crippen LogP contribution in [0.1, 0.15) is 290 Å². The van der Waals surface area contributed by atoms with E-state index >= 15 is 0 Å². The van der Waals surface area contributed by atoms with Crippen LogP contribution in [-0.2, 0) is 18.4 Å². The van der Waals surface area contributed by atoms with Crippen molar-refractivity contribution < 1.29 is 32.9 Å². The zero-order valence-electron chi connectivity index (χ0n) is 56.9. The Hall–Kier alpha value is -3.62. The van der Waals surface area contributed by atoms with E-state index in [4.69, 9.17) is 9.05 Å². The van der Waals surface area contributed by atoms with Crippen molar-refractivity contribution in [2.75, 3.05) is 40.9 Å². The van der Waals surface area contributed by atoms with E-state index in [0.717, 1.165) is 109 Å². The van der Waals surface area contributed by atoms with Crippen LogP contribution in [0.15, 0.2) is 146 Å². The lowest BCUT2D eigenvalue weighted by molar-refractivity contribution is -0.870. The van der Waals surface area contributed by atoms with Crippen LogP contribution < -0.4 is 10.2 Å². The molecule has 0 aliphatic carbocycles. The molecule has 0 spiro atoms. The standard InChI is InChI=1S/C78H135N2O6P/c1-6-8-10-12-14-16-18-20-22-24-26-28-30-32-34-35-36-37-38-39-40-41-42-43-44-45-46-48-50-52-54-56-58-60-62-64-66-68-70-72-78(82)79-76(75-86-87(83,84)85-74-73-80(3,4)5)77(81)71-69-67-65-63-61-59-57-55-53-51-49-47-33-31-29-27-25-23-21-19-17-15-13-11-9-7-2/h8,10,14,16,20,22,26,28,32,34,36-37,39-40,42-43,45-46,53,55,61,63,69,71,76-77,81H,6-7,9,11-13,15,17-19,21,23-25,27,29-31,33,35,38,41,44,47-52,54,56-60,62,64-68,70,72-75H2,1-5H3,(H-,79,82,83,84)/b10-8-,16-14-,22-20-,28-26-,34-32-,37-36-,40-39-,43-42-,46-45-,55-53+,63-61+,71-69+. The number of unbranched alkanes of at least 4 members (excludes halogenated alkanes) is 29. The first-order valence-corrected chi connectivity index (χ1v) is 37.2. The minimum absolute atomic E-state index is 0.0159. The summed E-state index contributed by atoms with van der Waals surface area (Å²) in [5.41, 5.74) is 0. The van der Waals surface area contributed by atoms with Gasteiger partial charge in [0, 0.05) is 6.42 Å². The van der Waals surface area contributed by atoms with Gasteiger partial charge in [0.25, 0.3) is 7.82 Å². The van der Waals surface area contributed by atoms with Crippen molar-refractivity contribution in [3.63, 3.8) is 0 Å². The van der Waals surface area contributed by atoms with E-state index in [-0.39, 0.29) is 12.5 Å². The molecule has 498 valence electrons. The number of aliphatic hydroxyl groups is 1. The van der Waals surface area contributed by atoms with Crippen LogP contribution in [0.5, 0.6) is 0 Å². The summed E-state index contributed by atoms with van der Waals surface area (Å²) in [5, 5.41) is 13.9. The lowest BCUT2D eigenvalue weighted by atomic mass is 10.0. The summed E-state index contributed by atoms with van der Waals surface area (Å²) in [5.74, 6) is -0.218. The van der Waals surface area contributed by atoms with Crippen LogP contribution in [0.25, 0.3) is 0 Å². The number of nitrogens with zero attached hydrogens (tertiary/aromatic N) is 1. The number of nitrogens with one attached hydrogen (secondary N) is 1. The fourth-order valence-electron chi connectivity index (χ4n) is 9.77. The molecule has 0 bridgehead atoms. The first-order valence-electron chi connectivity index (χ1n) is 35.7. The third kappa shape index (κ3) is 69.7. The van der Waals surface area contributed by atoms with Gasteiger partial charge in [-0.25, -0.2) is 0 Å². The predicted octanol–water partition coefficient (Wildman–Crippen LogP) is 22.5. The monoisotopic (exact) mass is 1230 g/mol. The molecule has 0 rings (SSSR count). The summed E-state index contributed by atoms with van der Waals surface area (Å²) < 4.78 is 23.4. The topological polar surface area (TPSA) is 108 Å². The minimum atomic E-state index is -4.63. The fraction of sp³-hybridized carbons (Fsp3) is 0.679. The maximum Gasteiger partial charge on any atom is 0.268 e. The molecule has 0 radical (unpaired) electrons. The van der Waals surface area contributed by atoms with Crippen molar-refractivity contribution in [1.29, 1.82) is 0 Å². The molecule has 9 heteroatoms. The normalized spacial score (nSPS) is 14.5. The van der Waals surface area contributed by atoms with Gasteiger partial charge in [0.15, 0.2) is 0 Å². The maximum atomic E-state index is 13.0. The molecule has 3 atom stereocenters. The second-order valence-electron chi connectivity index (χ2n) is 24.8.